The number of piperidine rings is 1. The maximum absolute atomic E-state index is 13.3. The van der Waals surface area contributed by atoms with Crippen LogP contribution in [0, 0.1) is 6.92 Å². The standard InChI is InChI=1S/C28H37BrN2O8S2/c1-20-25(29)6-3-7-26(20)41(36,37)31-12-10-27(11-13-31)15-21(17-39-27)30-16-22(33)18-38-23-4-2-5-24(14-23)40(34,35)28(19-32)8-9-28/h2-7,14,21-22,30,32-33H,8-13,15-19H2,1H3/t21-,22?/m0/s1. The molecular weight excluding hydrogens is 636 g/mol. The number of hydrogen-bond donors (Lipinski definition) is 3. The Balaban J connectivity index is 1.08. The molecule has 226 valence electrons. The first-order valence-electron chi connectivity index (χ1n) is 13.8. The van der Waals surface area contributed by atoms with Gasteiger partial charge in [0.1, 0.15) is 18.5 Å². The average molecular weight is 674 g/mol. The molecule has 0 aromatic heterocycles. The third-order valence-electron chi connectivity index (χ3n) is 8.54. The predicted molar refractivity (Wildman–Crippen MR) is 156 cm³/mol. The van der Waals surface area contributed by atoms with E-state index in [0.29, 0.717) is 61.6 Å². The Labute approximate surface area is 250 Å². The molecule has 2 aliphatic heterocycles. The van der Waals surface area contributed by atoms with Gasteiger partial charge in [-0.15, -0.1) is 0 Å². The summed E-state index contributed by atoms with van der Waals surface area (Å²) in [7, 11) is -7.26. The van der Waals surface area contributed by atoms with Crippen molar-refractivity contribution in [2.24, 2.45) is 0 Å². The van der Waals surface area contributed by atoms with E-state index in [2.05, 4.69) is 21.2 Å². The predicted octanol–water partition coefficient (Wildman–Crippen LogP) is 2.40. The number of sulfone groups is 1. The molecule has 1 spiro atoms. The fourth-order valence-corrected chi connectivity index (χ4v) is 9.68. The van der Waals surface area contributed by atoms with Crippen molar-refractivity contribution in [1.29, 1.82) is 0 Å². The molecule has 2 atom stereocenters. The summed E-state index contributed by atoms with van der Waals surface area (Å²) < 4.78 is 65.3. The Bertz CT molecular complexity index is 1470. The van der Waals surface area contributed by atoms with E-state index < -0.39 is 42.9 Å². The van der Waals surface area contributed by atoms with Crippen molar-refractivity contribution in [3.05, 3.63) is 52.5 Å². The number of aliphatic hydroxyl groups is 2. The van der Waals surface area contributed by atoms with E-state index in [1.165, 1.54) is 16.4 Å². The minimum atomic E-state index is -3.66. The highest BCUT2D eigenvalue weighted by molar-refractivity contribution is 9.10. The van der Waals surface area contributed by atoms with E-state index in [1.807, 2.05) is 6.07 Å². The number of nitrogens with zero attached hydrogens (tertiary/aromatic N) is 1. The highest BCUT2D eigenvalue weighted by atomic mass is 79.9. The third-order valence-corrected chi connectivity index (χ3v) is 14.0. The zero-order chi connectivity index (χ0) is 29.5. The Kier molecular flexibility index (Phi) is 8.91. The van der Waals surface area contributed by atoms with Crippen LogP contribution in [0.4, 0.5) is 0 Å². The van der Waals surface area contributed by atoms with Crippen LogP contribution in [0.15, 0.2) is 56.7 Å². The van der Waals surface area contributed by atoms with Crippen LogP contribution in [-0.4, -0.2) is 93.3 Å². The molecule has 13 heteroatoms. The van der Waals surface area contributed by atoms with Gasteiger partial charge in [0.2, 0.25) is 10.0 Å². The second kappa shape index (κ2) is 11.8. The lowest BCUT2D eigenvalue weighted by Crippen LogP contribution is -2.47. The average Bonchev–Trinajstić information content (AvgIpc) is 3.69. The molecular formula is C28H37BrN2O8S2. The summed E-state index contributed by atoms with van der Waals surface area (Å²) >= 11 is 3.42. The minimum absolute atomic E-state index is 0.0156. The highest BCUT2D eigenvalue weighted by Crippen LogP contribution is 2.46. The molecule has 1 unspecified atom stereocenters. The van der Waals surface area contributed by atoms with Crippen LogP contribution in [0.1, 0.15) is 37.7 Å². The summed E-state index contributed by atoms with van der Waals surface area (Å²) in [6.07, 6.45) is 1.96. The third kappa shape index (κ3) is 6.23. The van der Waals surface area contributed by atoms with Crippen molar-refractivity contribution in [3.63, 3.8) is 0 Å². The Morgan fingerprint density at radius 1 is 1.12 bits per heavy atom. The molecule has 2 aromatic carbocycles. The molecule has 5 rings (SSSR count). The van der Waals surface area contributed by atoms with Gasteiger partial charge in [-0.1, -0.05) is 28.1 Å². The van der Waals surface area contributed by atoms with E-state index in [-0.39, 0.29) is 24.1 Å². The number of benzene rings is 2. The number of nitrogens with one attached hydrogen (secondary N) is 1. The number of ether oxygens (including phenoxy) is 2. The molecule has 3 fully saturated rings. The fraction of sp³-hybridized carbons (Fsp3) is 0.571. The number of halogens is 1. The lowest BCUT2D eigenvalue weighted by molar-refractivity contribution is -0.0312. The van der Waals surface area contributed by atoms with Crippen LogP contribution in [-0.2, 0) is 24.6 Å². The summed E-state index contributed by atoms with van der Waals surface area (Å²) in [4.78, 5) is 0.421. The van der Waals surface area contributed by atoms with Gasteiger partial charge in [0.25, 0.3) is 0 Å². The molecule has 2 heterocycles. The molecule has 0 bridgehead atoms. The van der Waals surface area contributed by atoms with E-state index in [9.17, 15) is 27.0 Å². The van der Waals surface area contributed by atoms with Gasteiger partial charge in [0, 0.05) is 30.1 Å². The van der Waals surface area contributed by atoms with Crippen molar-refractivity contribution in [2.75, 3.05) is 39.5 Å². The first-order valence-corrected chi connectivity index (χ1v) is 17.5. The molecule has 0 amide bonds. The summed E-state index contributed by atoms with van der Waals surface area (Å²) in [5.41, 5.74) is 0.305. The number of rotatable bonds is 11. The van der Waals surface area contributed by atoms with Crippen LogP contribution in [0.25, 0.3) is 0 Å². The maximum atomic E-state index is 13.3. The topological polar surface area (TPSA) is 142 Å². The molecule has 0 radical (unpaired) electrons. The SMILES string of the molecule is Cc1c(Br)cccc1S(=O)(=O)N1CCC2(CC1)C[C@H](NCC(O)COc1cccc(S(=O)(=O)C3(CO)CC3)c1)CO2. The van der Waals surface area contributed by atoms with Gasteiger partial charge in [-0.3, -0.25) is 0 Å². The van der Waals surface area contributed by atoms with Crippen LogP contribution in [0.3, 0.4) is 0 Å². The molecule has 10 nitrogen and oxygen atoms in total. The van der Waals surface area contributed by atoms with E-state index in [4.69, 9.17) is 9.47 Å². The van der Waals surface area contributed by atoms with Crippen LogP contribution < -0.4 is 10.1 Å². The second-order valence-corrected chi connectivity index (χ2v) is 16.5. The quantitative estimate of drug-likeness (QED) is 0.328. The maximum Gasteiger partial charge on any atom is 0.243 e. The Hall–Kier alpha value is -1.58. The molecule has 1 aliphatic carbocycles. The van der Waals surface area contributed by atoms with Crippen molar-refractivity contribution in [2.45, 2.75) is 71.3 Å². The number of aliphatic hydroxyl groups excluding tert-OH is 2. The Morgan fingerprint density at radius 2 is 1.83 bits per heavy atom. The highest BCUT2D eigenvalue weighted by Gasteiger charge is 2.54. The van der Waals surface area contributed by atoms with Gasteiger partial charge >= 0.3 is 0 Å². The lowest BCUT2D eigenvalue weighted by atomic mass is 9.88. The van der Waals surface area contributed by atoms with E-state index in [1.54, 1.807) is 31.2 Å². The molecule has 2 saturated heterocycles. The van der Waals surface area contributed by atoms with Gasteiger partial charge in [-0.2, -0.15) is 4.31 Å². The van der Waals surface area contributed by atoms with Gasteiger partial charge in [0.05, 0.1) is 33.4 Å². The fourth-order valence-electron chi connectivity index (χ4n) is 5.65. The molecule has 3 aliphatic rings. The van der Waals surface area contributed by atoms with Gasteiger partial charge in [-0.05, 0) is 74.9 Å². The van der Waals surface area contributed by atoms with Crippen LogP contribution in [0.5, 0.6) is 5.75 Å². The number of hydrogen-bond acceptors (Lipinski definition) is 9. The summed E-state index contributed by atoms with van der Waals surface area (Å²) in [6.45, 7) is 2.86. The van der Waals surface area contributed by atoms with Crippen molar-refractivity contribution in [1.82, 2.24) is 9.62 Å². The lowest BCUT2D eigenvalue weighted by Gasteiger charge is -2.38. The van der Waals surface area contributed by atoms with E-state index in [0.717, 1.165) is 10.9 Å². The smallest absolute Gasteiger partial charge is 0.243 e. The zero-order valence-corrected chi connectivity index (χ0v) is 26.2. The van der Waals surface area contributed by atoms with Crippen LogP contribution in [0.2, 0.25) is 0 Å². The minimum Gasteiger partial charge on any atom is -0.491 e. The number of sulfonamides is 1. The molecule has 41 heavy (non-hydrogen) atoms. The van der Waals surface area contributed by atoms with Gasteiger partial charge in [0.15, 0.2) is 9.84 Å². The van der Waals surface area contributed by atoms with Crippen molar-refractivity contribution < 1.29 is 36.5 Å². The molecule has 3 N–H and O–H groups in total. The van der Waals surface area contributed by atoms with E-state index >= 15 is 0 Å². The summed E-state index contributed by atoms with van der Waals surface area (Å²) in [5, 5.41) is 23.4. The zero-order valence-electron chi connectivity index (χ0n) is 23.0. The first kappa shape index (κ1) is 30.9. The van der Waals surface area contributed by atoms with Gasteiger partial charge < -0.3 is 25.0 Å². The monoisotopic (exact) mass is 672 g/mol. The molecule has 2 aromatic rings. The largest absolute Gasteiger partial charge is 0.491 e. The van der Waals surface area contributed by atoms with Crippen LogP contribution >= 0.6 is 15.9 Å². The summed E-state index contributed by atoms with van der Waals surface area (Å²) in [6, 6.07) is 11.4. The first-order chi connectivity index (χ1) is 19.4. The molecule has 1 saturated carbocycles. The van der Waals surface area contributed by atoms with Crippen molar-refractivity contribution in [3.8, 4) is 5.75 Å². The van der Waals surface area contributed by atoms with Gasteiger partial charge in [-0.25, -0.2) is 16.8 Å². The van der Waals surface area contributed by atoms with Crippen molar-refractivity contribution >= 4 is 35.8 Å². The summed E-state index contributed by atoms with van der Waals surface area (Å²) in [5.74, 6) is 0.335. The Morgan fingerprint density at radius 3 is 2.51 bits per heavy atom. The second-order valence-electron chi connectivity index (χ2n) is 11.4. The normalized spacial score (nSPS) is 23.0.